The Balaban J connectivity index is 1.34. The van der Waals surface area contributed by atoms with Crippen LogP contribution < -0.4 is 14.8 Å². The molecular formula is C22H25F2NO4. The molecule has 29 heavy (non-hydrogen) atoms. The molecule has 0 aromatic heterocycles. The topological polar surface area (TPSA) is 71.0 Å². The molecule has 7 heteroatoms. The highest BCUT2D eigenvalue weighted by molar-refractivity contribution is 5.36. The summed E-state index contributed by atoms with van der Waals surface area (Å²) in [7, 11) is 0. The minimum absolute atomic E-state index is 0.0546. The van der Waals surface area contributed by atoms with E-state index in [9.17, 15) is 8.78 Å². The molecule has 3 N–H and O–H groups in total. The Labute approximate surface area is 172 Å². The van der Waals surface area contributed by atoms with Crippen molar-refractivity contribution in [2.75, 3.05) is 13.1 Å². The Kier molecular flexibility index (Phi) is 4.94. The van der Waals surface area contributed by atoms with Gasteiger partial charge in [-0.05, 0) is 73.2 Å². The maximum atomic E-state index is 13.4. The number of nitrogens with one attached hydrogen (secondary N) is 1. The molecule has 0 radical (unpaired) electrons. The molecule has 0 saturated carbocycles. The van der Waals surface area contributed by atoms with Crippen molar-refractivity contribution >= 4 is 0 Å². The normalized spacial score (nSPS) is 24.2. The summed E-state index contributed by atoms with van der Waals surface area (Å²) in [6.07, 6.45) is -0.103. The van der Waals surface area contributed by atoms with Gasteiger partial charge in [-0.25, -0.2) is 8.78 Å². The number of rotatable bonds is 8. The predicted molar refractivity (Wildman–Crippen MR) is 103 cm³/mol. The van der Waals surface area contributed by atoms with Crippen molar-refractivity contribution in [1.82, 2.24) is 5.31 Å². The summed E-state index contributed by atoms with van der Waals surface area (Å²) in [6.45, 7) is 0.109. The van der Waals surface area contributed by atoms with Crippen LogP contribution in [-0.2, 0) is 12.8 Å². The van der Waals surface area contributed by atoms with Gasteiger partial charge in [-0.15, -0.1) is 0 Å². The minimum atomic E-state index is -0.715. The van der Waals surface area contributed by atoms with Crippen molar-refractivity contribution in [2.45, 2.75) is 50.1 Å². The molecule has 2 heterocycles. The van der Waals surface area contributed by atoms with Crippen LogP contribution in [0.2, 0.25) is 1.41 Å². The SMILES string of the molecule is [2H]OC(CN([2H])CC(O[2H])C1CCc2cc(F)ccc2O1)C1CCc2cc(F)ccc2O1. The van der Waals surface area contributed by atoms with Gasteiger partial charge in [0.25, 0.3) is 0 Å². The first-order chi connectivity index (χ1) is 15.5. The third kappa shape index (κ3) is 4.69. The molecule has 2 aromatic rings. The summed E-state index contributed by atoms with van der Waals surface area (Å²) in [4.78, 5) is 0. The van der Waals surface area contributed by atoms with E-state index in [2.05, 4.69) is 0 Å². The Morgan fingerprint density at radius 2 is 1.41 bits per heavy atom. The number of halogens is 2. The standard InChI is InChI=1S/C22H25F2NO4/c23-15-3-7-19-13(9-15)1-5-21(28-19)17(26)11-25-12-18(27)22-6-2-14-10-16(24)4-8-20(14)29-22/h3-4,7-10,17-18,21-22,25-27H,1-2,5-6,11-12H2/i26D,27D/hD. The van der Waals surface area contributed by atoms with Crippen molar-refractivity contribution in [2.24, 2.45) is 0 Å². The number of hydrogen-bond donors (Lipinski definition) is 3. The molecule has 4 atom stereocenters. The zero-order valence-electron chi connectivity index (χ0n) is 18.9. The smallest absolute Gasteiger partial charge is 0.211 e. The number of benzene rings is 2. The molecule has 0 aliphatic carbocycles. The van der Waals surface area contributed by atoms with Crippen LogP contribution in [0, 0.1) is 11.6 Å². The van der Waals surface area contributed by atoms with E-state index in [0.717, 1.165) is 11.1 Å². The highest BCUT2D eigenvalue weighted by Gasteiger charge is 2.29. The molecule has 2 aliphatic heterocycles. The molecule has 2 aliphatic rings. The van der Waals surface area contributed by atoms with Gasteiger partial charge in [0.15, 0.2) is 0 Å². The first-order valence-electron chi connectivity index (χ1n) is 11.1. The Hall–Kier alpha value is -2.22. The average Bonchev–Trinajstić information content (AvgIpc) is 2.80. The van der Waals surface area contributed by atoms with E-state index < -0.39 is 24.4 Å². The third-order valence-corrected chi connectivity index (χ3v) is 5.45. The lowest BCUT2D eigenvalue weighted by Gasteiger charge is -2.31. The molecule has 4 rings (SSSR count). The van der Waals surface area contributed by atoms with Crippen molar-refractivity contribution in [3.63, 3.8) is 0 Å². The van der Waals surface area contributed by atoms with E-state index in [4.69, 9.17) is 24.0 Å². The predicted octanol–water partition coefficient (Wildman–Crippen LogP) is 2.36. The van der Waals surface area contributed by atoms with E-state index in [0.29, 0.717) is 37.2 Å². The molecule has 0 spiro atoms. The van der Waals surface area contributed by atoms with Crippen molar-refractivity contribution in [3.8, 4) is 11.5 Å². The van der Waals surface area contributed by atoms with E-state index >= 15 is 0 Å². The zero-order valence-corrected chi connectivity index (χ0v) is 15.9. The van der Waals surface area contributed by atoms with Crippen LogP contribution in [0.5, 0.6) is 11.5 Å². The van der Waals surface area contributed by atoms with Gasteiger partial charge in [-0.1, -0.05) is 0 Å². The number of hydrogen-bond acceptors (Lipinski definition) is 5. The molecule has 2 aromatic carbocycles. The van der Waals surface area contributed by atoms with Crippen LogP contribution in [0.1, 0.15) is 24.0 Å². The fourth-order valence-corrected chi connectivity index (χ4v) is 3.84. The summed E-state index contributed by atoms with van der Waals surface area (Å²) in [5.74, 6) is 0.463. The lowest BCUT2D eigenvalue weighted by atomic mass is 9.98. The van der Waals surface area contributed by atoms with Crippen molar-refractivity contribution in [3.05, 3.63) is 59.2 Å². The molecule has 5 nitrogen and oxygen atoms in total. The van der Waals surface area contributed by atoms with Gasteiger partial charge in [0, 0.05) is 13.1 Å². The van der Waals surface area contributed by atoms with Gasteiger partial charge in [-0.2, -0.15) is 0 Å². The fraction of sp³-hybridized carbons (Fsp3) is 0.455. The molecule has 0 saturated heterocycles. The zero-order chi connectivity index (χ0) is 22.7. The quantitative estimate of drug-likeness (QED) is 0.626. The van der Waals surface area contributed by atoms with Crippen LogP contribution >= 0.6 is 0 Å². The van der Waals surface area contributed by atoms with Gasteiger partial charge in [0.05, 0.1) is 0 Å². The molecule has 156 valence electrons. The Morgan fingerprint density at radius 3 is 1.86 bits per heavy atom. The second kappa shape index (κ2) is 8.65. The first kappa shape index (κ1) is 16.6. The van der Waals surface area contributed by atoms with Gasteiger partial charge in [0.1, 0.15) is 49.0 Å². The van der Waals surface area contributed by atoms with E-state index in [1.807, 2.05) is 0 Å². The van der Waals surface area contributed by atoms with Gasteiger partial charge >= 0.3 is 0 Å². The summed E-state index contributed by atoms with van der Waals surface area (Å²) in [6, 6.07) is 8.63. The van der Waals surface area contributed by atoms with E-state index in [1.54, 1.807) is 12.1 Å². The van der Waals surface area contributed by atoms with Crippen molar-refractivity contribution < 1.29 is 29.9 Å². The second-order valence-electron chi connectivity index (χ2n) is 7.56. The first-order valence-corrected chi connectivity index (χ1v) is 9.84. The molecule has 0 fully saturated rings. The maximum absolute atomic E-state index is 13.4. The number of fused-ring (bicyclic) bond motifs is 2. The Bertz CT molecular complexity index is 865. The largest absolute Gasteiger partial charge is 0.487 e. The van der Waals surface area contributed by atoms with Crippen LogP contribution in [0.3, 0.4) is 0 Å². The number of aliphatic hydroxyl groups excluding tert-OH is 2. The van der Waals surface area contributed by atoms with E-state index in [-0.39, 0.29) is 24.7 Å². The Morgan fingerprint density at radius 1 is 0.931 bits per heavy atom. The van der Waals surface area contributed by atoms with Crippen LogP contribution in [-0.4, -0.2) is 50.6 Å². The molecular weight excluding hydrogens is 380 g/mol. The molecule has 4 unspecified atom stereocenters. The maximum Gasteiger partial charge on any atom is 0.211 e. The molecule has 0 bridgehead atoms. The van der Waals surface area contributed by atoms with Crippen molar-refractivity contribution in [1.29, 1.82) is 2.86 Å². The number of ether oxygens (including phenoxy) is 2. The average molecular weight is 408 g/mol. The second-order valence-corrected chi connectivity index (χ2v) is 7.56. The highest BCUT2D eigenvalue weighted by Crippen LogP contribution is 2.30. The lowest BCUT2D eigenvalue weighted by Crippen LogP contribution is -2.46. The monoisotopic (exact) mass is 408 g/mol. The fourth-order valence-electron chi connectivity index (χ4n) is 3.84. The van der Waals surface area contributed by atoms with Crippen LogP contribution in [0.4, 0.5) is 8.78 Å². The summed E-state index contributed by atoms with van der Waals surface area (Å²) >= 11 is 0. The number of aryl methyl sites for hydroxylation is 2. The lowest BCUT2D eigenvalue weighted by molar-refractivity contribution is 0.00892. The highest BCUT2D eigenvalue weighted by atomic mass is 19.1. The summed E-state index contributed by atoms with van der Waals surface area (Å²) in [5.41, 5.74) is 1.54. The number of aliphatic hydroxyl groups is 2. The summed E-state index contributed by atoms with van der Waals surface area (Å²) < 4.78 is 61.8. The van der Waals surface area contributed by atoms with Gasteiger partial charge < -0.3 is 25.0 Å². The van der Waals surface area contributed by atoms with Crippen LogP contribution in [0.15, 0.2) is 36.4 Å². The summed E-state index contributed by atoms with van der Waals surface area (Å²) in [5, 5.41) is 10.9. The van der Waals surface area contributed by atoms with E-state index in [1.165, 1.54) is 29.6 Å². The third-order valence-electron chi connectivity index (χ3n) is 5.45. The van der Waals surface area contributed by atoms with Crippen LogP contribution in [0.25, 0.3) is 0 Å². The van der Waals surface area contributed by atoms with Gasteiger partial charge in [0.2, 0.25) is 2.86 Å². The minimum Gasteiger partial charge on any atom is -0.487 e. The van der Waals surface area contributed by atoms with Gasteiger partial charge in [-0.3, -0.25) is 0 Å². The molecule has 0 amide bonds.